The molecule has 1 atom stereocenters. The first-order valence-electron chi connectivity index (χ1n) is 9.57. The molecule has 0 bridgehead atoms. The summed E-state index contributed by atoms with van der Waals surface area (Å²) in [6.45, 7) is -3.91. The molecule has 9 heteroatoms. The highest BCUT2D eigenvalue weighted by Crippen LogP contribution is 2.35. The zero-order chi connectivity index (χ0) is 23.4. The van der Waals surface area contributed by atoms with E-state index in [9.17, 15) is 22.4 Å². The predicted molar refractivity (Wildman–Crippen MR) is 121 cm³/mol. The Hall–Kier alpha value is -2.13. The summed E-state index contributed by atoms with van der Waals surface area (Å²) in [4.78, 5) is 13.2. The van der Waals surface area contributed by atoms with Crippen LogP contribution in [-0.2, 0) is 4.79 Å². The van der Waals surface area contributed by atoms with E-state index in [1.807, 2.05) is 6.92 Å². The number of ketones is 1. The van der Waals surface area contributed by atoms with Crippen molar-refractivity contribution in [2.45, 2.75) is 33.0 Å². The molecule has 1 aliphatic carbocycles. The third-order valence-electron chi connectivity index (χ3n) is 4.76. The van der Waals surface area contributed by atoms with E-state index in [-0.39, 0.29) is 23.2 Å². The van der Waals surface area contributed by atoms with Gasteiger partial charge < -0.3 is 9.47 Å². The number of carbonyl (C=O) groups excluding carboxylic acids is 1. The fourth-order valence-corrected chi connectivity index (χ4v) is 4.18. The van der Waals surface area contributed by atoms with Crippen LogP contribution in [-0.4, -0.2) is 19.0 Å². The van der Waals surface area contributed by atoms with Gasteiger partial charge in [0.1, 0.15) is 11.5 Å². The molecule has 170 valence electrons. The van der Waals surface area contributed by atoms with Gasteiger partial charge in [-0.1, -0.05) is 38.8 Å². The Balaban J connectivity index is 1.95. The number of rotatable bonds is 6. The van der Waals surface area contributed by atoms with Crippen LogP contribution in [0.1, 0.15) is 30.9 Å². The summed E-state index contributed by atoms with van der Waals surface area (Å²) >= 11 is 6.74. The molecule has 1 aliphatic rings. The van der Waals surface area contributed by atoms with Gasteiger partial charge in [0.15, 0.2) is 5.78 Å². The molecule has 0 N–H and O–H groups in total. The molecule has 2 aromatic rings. The number of benzene rings is 2. The molecule has 3 nitrogen and oxygen atoms in total. The van der Waals surface area contributed by atoms with Gasteiger partial charge >= 0.3 is 13.2 Å². The first-order valence-corrected chi connectivity index (χ1v) is 11.2. The molecule has 1 unspecified atom stereocenters. The monoisotopic (exact) mass is 576 g/mol. The maximum atomic E-state index is 13.2. The molecule has 0 aliphatic heterocycles. The number of allylic oxidation sites excluding steroid dienone is 2. The molecule has 1 fully saturated rings. The quantitative estimate of drug-likeness (QED) is 0.259. The fraction of sp³-hybridized carbons (Fsp3) is 0.261. The minimum atomic E-state index is -2.95. The molecule has 0 spiro atoms. The summed E-state index contributed by atoms with van der Waals surface area (Å²) in [6.07, 6.45) is 4.33. The number of hydrogen-bond donors (Lipinski definition) is 0. The highest BCUT2D eigenvalue weighted by atomic mass is 79.9. The van der Waals surface area contributed by atoms with Crippen molar-refractivity contribution in [3.63, 3.8) is 0 Å². The van der Waals surface area contributed by atoms with Crippen molar-refractivity contribution in [3.05, 3.63) is 67.6 Å². The van der Waals surface area contributed by atoms with Crippen LogP contribution in [0, 0.1) is 5.92 Å². The second-order valence-corrected chi connectivity index (χ2v) is 9.01. The average molecular weight is 578 g/mol. The van der Waals surface area contributed by atoms with Crippen LogP contribution < -0.4 is 9.47 Å². The van der Waals surface area contributed by atoms with Crippen LogP contribution in [0.4, 0.5) is 17.6 Å². The standard InChI is InChI=1S/C23H18Br2F4O3/c1-12-6-15(8-13-10-17(31-22(26)27)2-4-19(13)24)21(30)16(7-12)9-14-11-18(32-23(28)29)3-5-20(14)25/h2-5,8-12,22-23H,6-7H2,1H3/b15-8-,16-9+. The van der Waals surface area contributed by atoms with E-state index in [0.717, 1.165) is 0 Å². The Kier molecular flexibility index (Phi) is 8.16. The zero-order valence-corrected chi connectivity index (χ0v) is 19.9. The third kappa shape index (κ3) is 6.45. The normalized spacial score (nSPS) is 19.3. The molecule has 0 saturated heterocycles. The number of halogens is 6. The number of alkyl halides is 4. The van der Waals surface area contributed by atoms with Crippen molar-refractivity contribution >= 4 is 49.8 Å². The van der Waals surface area contributed by atoms with Crippen molar-refractivity contribution in [1.29, 1.82) is 0 Å². The van der Waals surface area contributed by atoms with E-state index in [1.54, 1.807) is 24.3 Å². The van der Waals surface area contributed by atoms with Crippen LogP contribution in [0.15, 0.2) is 56.5 Å². The van der Waals surface area contributed by atoms with Crippen molar-refractivity contribution in [1.82, 2.24) is 0 Å². The minimum absolute atomic E-state index is 0.0121. The lowest BCUT2D eigenvalue weighted by molar-refractivity contribution is -0.113. The Morgan fingerprint density at radius 2 is 1.25 bits per heavy atom. The molecule has 3 rings (SSSR count). The Morgan fingerprint density at radius 1 is 0.844 bits per heavy atom. The van der Waals surface area contributed by atoms with Crippen molar-refractivity contribution in [2.24, 2.45) is 5.92 Å². The summed E-state index contributed by atoms with van der Waals surface area (Å²) in [5, 5.41) is 0. The first-order chi connectivity index (χ1) is 15.1. The minimum Gasteiger partial charge on any atom is -0.435 e. The SMILES string of the molecule is CC1C/C(=C/c2cc(OC(F)F)ccc2Br)C(=O)/C(=C/c2cc(OC(F)F)ccc2Br)C1. The lowest BCUT2D eigenvalue weighted by atomic mass is 9.81. The summed E-state index contributed by atoms with van der Waals surface area (Å²) in [5.74, 6) is -0.0743. The summed E-state index contributed by atoms with van der Waals surface area (Å²) in [5.41, 5.74) is 2.10. The van der Waals surface area contributed by atoms with Gasteiger partial charge in [0, 0.05) is 20.1 Å². The van der Waals surface area contributed by atoms with E-state index < -0.39 is 13.2 Å². The molecule has 0 aromatic heterocycles. The van der Waals surface area contributed by atoms with Gasteiger partial charge in [-0.15, -0.1) is 0 Å². The van der Waals surface area contributed by atoms with E-state index >= 15 is 0 Å². The van der Waals surface area contributed by atoms with E-state index in [1.165, 1.54) is 24.3 Å². The second-order valence-electron chi connectivity index (χ2n) is 7.31. The second kappa shape index (κ2) is 10.7. The summed E-state index contributed by atoms with van der Waals surface area (Å²) in [7, 11) is 0. The Morgan fingerprint density at radius 3 is 1.62 bits per heavy atom. The molecular weight excluding hydrogens is 560 g/mol. The fourth-order valence-electron chi connectivity index (χ4n) is 3.46. The molecule has 0 radical (unpaired) electrons. The summed E-state index contributed by atoms with van der Waals surface area (Å²) in [6, 6.07) is 8.82. The van der Waals surface area contributed by atoms with Gasteiger partial charge in [-0.25, -0.2) is 0 Å². The lowest BCUT2D eigenvalue weighted by Crippen LogP contribution is -2.18. The number of carbonyl (C=O) groups is 1. The van der Waals surface area contributed by atoms with Crippen LogP contribution in [0.3, 0.4) is 0 Å². The van der Waals surface area contributed by atoms with Gasteiger partial charge in [0.2, 0.25) is 0 Å². The third-order valence-corrected chi connectivity index (χ3v) is 6.21. The molecule has 1 saturated carbocycles. The largest absolute Gasteiger partial charge is 0.435 e. The predicted octanol–water partition coefficient (Wildman–Crippen LogP) is 7.88. The van der Waals surface area contributed by atoms with Crippen LogP contribution in [0.5, 0.6) is 11.5 Å². The zero-order valence-electron chi connectivity index (χ0n) is 16.8. The molecular formula is C23H18Br2F4O3. The van der Waals surface area contributed by atoms with Crippen molar-refractivity contribution < 1.29 is 31.8 Å². The topological polar surface area (TPSA) is 35.5 Å². The molecule has 0 amide bonds. The first kappa shape index (κ1) is 24.5. The number of Topliss-reactive ketones (excluding diaryl/α,β-unsaturated/α-hetero) is 1. The maximum absolute atomic E-state index is 13.2. The Bertz CT molecular complexity index is 986. The van der Waals surface area contributed by atoms with Crippen LogP contribution in [0.2, 0.25) is 0 Å². The highest BCUT2D eigenvalue weighted by Gasteiger charge is 2.26. The highest BCUT2D eigenvalue weighted by molar-refractivity contribution is 9.10. The van der Waals surface area contributed by atoms with E-state index in [4.69, 9.17) is 0 Å². The van der Waals surface area contributed by atoms with Crippen molar-refractivity contribution in [3.8, 4) is 11.5 Å². The van der Waals surface area contributed by atoms with Gasteiger partial charge in [0.05, 0.1) is 0 Å². The molecule has 2 aromatic carbocycles. The van der Waals surface area contributed by atoms with Crippen LogP contribution >= 0.6 is 31.9 Å². The maximum Gasteiger partial charge on any atom is 0.387 e. The van der Waals surface area contributed by atoms with Gasteiger partial charge in [-0.2, -0.15) is 17.6 Å². The molecule has 32 heavy (non-hydrogen) atoms. The van der Waals surface area contributed by atoms with Crippen molar-refractivity contribution in [2.75, 3.05) is 0 Å². The Labute approximate surface area is 199 Å². The van der Waals surface area contributed by atoms with E-state index in [2.05, 4.69) is 41.3 Å². The molecule has 0 heterocycles. The van der Waals surface area contributed by atoms with Crippen LogP contribution in [0.25, 0.3) is 12.2 Å². The smallest absolute Gasteiger partial charge is 0.387 e. The lowest BCUT2D eigenvalue weighted by Gasteiger charge is -2.23. The van der Waals surface area contributed by atoms with Gasteiger partial charge in [-0.3, -0.25) is 4.79 Å². The number of hydrogen-bond acceptors (Lipinski definition) is 3. The average Bonchev–Trinajstić information content (AvgIpc) is 2.69. The van der Waals surface area contributed by atoms with E-state index in [0.29, 0.717) is 44.1 Å². The van der Waals surface area contributed by atoms with Gasteiger partial charge in [-0.05, 0) is 78.4 Å². The van der Waals surface area contributed by atoms with Gasteiger partial charge in [0.25, 0.3) is 0 Å². The number of ether oxygens (including phenoxy) is 2. The summed E-state index contributed by atoms with van der Waals surface area (Å²) < 4.78 is 60.3.